The molecule has 620 valence electrons. The zero-order valence-electron chi connectivity index (χ0n) is 63.5. The second-order valence-electron chi connectivity index (χ2n) is 23.9. The summed E-state index contributed by atoms with van der Waals surface area (Å²) in [5, 5.41) is -4.02. The smallest absolute Gasteiger partial charge is 0.249 e. The Balaban J connectivity index is 0.000000391. The van der Waals surface area contributed by atoms with E-state index < -0.39 is 101 Å². The lowest BCUT2D eigenvalue weighted by Gasteiger charge is -2.26. The van der Waals surface area contributed by atoms with Crippen molar-refractivity contribution < 1.29 is 84.9 Å². The van der Waals surface area contributed by atoms with Crippen LogP contribution in [0.1, 0.15) is 44.5 Å². The van der Waals surface area contributed by atoms with Gasteiger partial charge in [-0.3, -0.25) is 27.0 Å². The highest BCUT2D eigenvalue weighted by atomic mass is 32.3. The van der Waals surface area contributed by atoms with Crippen LogP contribution in [0.4, 0.5) is 28.9 Å². The molecule has 4 N–H and O–H groups in total. The minimum atomic E-state index is -4.20. The van der Waals surface area contributed by atoms with E-state index >= 15 is 0 Å². The highest BCUT2D eigenvalue weighted by Gasteiger charge is 2.35. The summed E-state index contributed by atoms with van der Waals surface area (Å²) < 4.78 is 251. The number of alkyl halides is 4. The Morgan fingerprint density at radius 3 is 0.614 bits per heavy atom. The lowest BCUT2D eigenvalue weighted by molar-refractivity contribution is 0.392. The number of nitrogens with zero attached hydrogens (tertiary/aromatic N) is 4. The van der Waals surface area contributed by atoms with Crippen molar-refractivity contribution in [1.82, 2.24) is 26.7 Å². The van der Waals surface area contributed by atoms with Gasteiger partial charge in [0.2, 0.25) is 80.2 Å². The predicted octanol–water partition coefficient (Wildman–Crippen LogP) is 12.2. The van der Waals surface area contributed by atoms with Crippen LogP contribution in [0.25, 0.3) is 0 Å². The van der Waals surface area contributed by atoms with Crippen molar-refractivity contribution in [2.24, 2.45) is 0 Å². The molecule has 0 aliphatic carbocycles. The van der Waals surface area contributed by atoms with Crippen LogP contribution in [0.2, 0.25) is 0 Å². The first-order valence-electron chi connectivity index (χ1n) is 34.0. The van der Waals surface area contributed by atoms with Gasteiger partial charge < -0.3 is 0 Å². The van der Waals surface area contributed by atoms with Gasteiger partial charge in [-0.15, -0.1) is 0 Å². The number of sulfonamides is 8. The fourth-order valence-electron chi connectivity index (χ4n) is 9.74. The molecular formula is C78H96F4N8O16S8. The van der Waals surface area contributed by atoms with Crippen LogP contribution in [0.3, 0.4) is 0 Å². The molecule has 0 saturated heterocycles. The number of nitrogens with one attached hydrogen (secondary N) is 4. The molecule has 10 aromatic rings. The number of halogens is 4. The standard InChI is InChI=1S/C29H30N2O4S2.C17H22N2O4S2.C15H18N2O4S2.C13H14N2O4S2.4CH3F/c32-36(33,30(21-26-13-5-1-6-14-26)22-27-15-7-2-8-16-27)25-37(34,35)31(23-28-17-9-3-10-18-28)24-29-19-11-4-12-20-29;1-18(13-16-9-5-3-6-10-16)24(20,21)15-25(22,23)19(2)14-17-11-7-4-8-12-17;18-22(19,16-11-14-7-3-1-4-8-14)13-23(20,21)17-12-15-9-5-2-6-10-15;16-20(17,14-12-7-3-1-4-8-12)11-21(18,19)15-13-9-5-2-6-10-13;4*1-2/h1-20H,21-25H2;3-12H,13-15H2,1-2H3;1-10,16-17H,11-13H2;1-10,14-15H,11H2;4*1H3. The van der Waals surface area contributed by atoms with Gasteiger partial charge in [0.15, 0.2) is 20.3 Å². The van der Waals surface area contributed by atoms with Crippen molar-refractivity contribution in [3.63, 3.8) is 0 Å². The molecule has 10 aromatic carbocycles. The number of anilines is 2. The zero-order valence-corrected chi connectivity index (χ0v) is 70.0. The molecule has 24 nitrogen and oxygen atoms in total. The van der Waals surface area contributed by atoms with Crippen molar-refractivity contribution in [3.8, 4) is 0 Å². The molecule has 0 aliphatic rings. The first-order valence-corrected chi connectivity index (χ1v) is 47.0. The molecule has 0 amide bonds. The third-order valence-corrected chi connectivity index (χ3v) is 31.3. The largest absolute Gasteiger partial charge is 0.283 e. The van der Waals surface area contributed by atoms with Gasteiger partial charge in [-0.2, -0.15) is 17.2 Å². The first kappa shape index (κ1) is 99.1. The van der Waals surface area contributed by atoms with Crippen molar-refractivity contribution in [2.45, 2.75) is 52.4 Å². The second-order valence-corrected chi connectivity index (χ2v) is 40.5. The van der Waals surface area contributed by atoms with Crippen LogP contribution in [0.15, 0.2) is 303 Å². The molecular weight excluding hydrogens is 1640 g/mol. The molecule has 0 aromatic heterocycles. The van der Waals surface area contributed by atoms with Gasteiger partial charge >= 0.3 is 0 Å². The lowest BCUT2D eigenvalue weighted by atomic mass is 10.2. The molecule has 0 spiro atoms. The zero-order chi connectivity index (χ0) is 84.8. The molecule has 114 heavy (non-hydrogen) atoms. The van der Waals surface area contributed by atoms with Crippen molar-refractivity contribution >= 4 is 91.6 Å². The highest BCUT2D eigenvalue weighted by molar-refractivity contribution is 8.09. The van der Waals surface area contributed by atoms with Gasteiger partial charge in [-0.1, -0.05) is 279 Å². The minimum absolute atomic E-state index is 0.0530. The molecule has 10 rings (SSSR count). The maximum Gasteiger partial charge on any atom is 0.249 e. The van der Waals surface area contributed by atoms with Crippen LogP contribution >= 0.6 is 0 Å². The van der Waals surface area contributed by atoms with Crippen LogP contribution in [-0.4, -0.2) is 148 Å². The van der Waals surface area contributed by atoms with E-state index in [0.717, 1.165) is 53.1 Å². The predicted molar refractivity (Wildman–Crippen MR) is 446 cm³/mol. The Bertz CT molecular complexity index is 4890. The average molecular weight is 1730 g/mol. The average Bonchev–Trinajstić information content (AvgIpc) is 0.799. The Hall–Kier alpha value is -9.12. The van der Waals surface area contributed by atoms with Crippen LogP contribution in [0.5, 0.6) is 0 Å². The summed E-state index contributed by atoms with van der Waals surface area (Å²) in [6.07, 6.45) is 0. The van der Waals surface area contributed by atoms with E-state index in [9.17, 15) is 84.9 Å². The van der Waals surface area contributed by atoms with E-state index in [1.807, 2.05) is 146 Å². The van der Waals surface area contributed by atoms with E-state index in [1.54, 1.807) is 133 Å². The summed E-state index contributed by atoms with van der Waals surface area (Å²) in [7, 11) is -27.4. The van der Waals surface area contributed by atoms with Gasteiger partial charge in [-0.05, 0) is 68.8 Å². The molecule has 0 saturated carbocycles. The Labute approximate surface area is 671 Å². The third-order valence-electron chi connectivity index (χ3n) is 15.0. The summed E-state index contributed by atoms with van der Waals surface area (Å²) in [6, 6.07) is 88.8. The van der Waals surface area contributed by atoms with E-state index in [2.05, 4.69) is 18.9 Å². The van der Waals surface area contributed by atoms with Crippen molar-refractivity contribution in [1.29, 1.82) is 0 Å². The van der Waals surface area contributed by atoms with E-state index in [1.165, 1.54) is 47.0 Å². The second kappa shape index (κ2) is 51.0. The maximum absolute atomic E-state index is 13.7. The number of para-hydroxylation sites is 2. The van der Waals surface area contributed by atoms with Crippen molar-refractivity contribution in [3.05, 3.63) is 348 Å². The van der Waals surface area contributed by atoms with Gasteiger partial charge in [-0.25, -0.2) is 76.8 Å². The van der Waals surface area contributed by atoms with Crippen molar-refractivity contribution in [2.75, 3.05) is 72.6 Å². The SMILES string of the molecule is CF.CF.CF.CF.CN(Cc1ccccc1)S(=O)(=O)CS(=O)(=O)N(C)Cc1ccccc1.O=S(=O)(CS(=O)(=O)N(Cc1ccccc1)Cc1ccccc1)N(Cc1ccccc1)Cc1ccccc1.O=S(=O)(CS(=O)(=O)NCc1ccccc1)NCc1ccccc1.O=S(=O)(CS(=O)(=O)Nc1ccccc1)Nc1ccccc1. The Kier molecular flexibility index (Phi) is 44.3. The van der Waals surface area contributed by atoms with Crippen LogP contribution in [-0.2, 0) is 133 Å². The molecule has 0 aliphatic heterocycles. The number of hydrogen-bond acceptors (Lipinski definition) is 16. The number of hydrogen-bond donors (Lipinski definition) is 4. The van der Waals surface area contributed by atoms with Gasteiger partial charge in [0.05, 0.1) is 28.7 Å². The topological polar surface area (TPSA) is 334 Å². The summed E-state index contributed by atoms with van der Waals surface area (Å²) in [5.74, 6) is 0. The third kappa shape index (κ3) is 39.3. The normalized spacial score (nSPS) is 11.6. The van der Waals surface area contributed by atoms with Gasteiger partial charge in [0, 0.05) is 77.8 Å². The Morgan fingerprint density at radius 1 is 0.219 bits per heavy atom. The summed E-state index contributed by atoms with van der Waals surface area (Å²) in [4.78, 5) is 0. The lowest BCUT2D eigenvalue weighted by Crippen LogP contribution is -2.40. The van der Waals surface area contributed by atoms with Gasteiger partial charge in [0.25, 0.3) is 0 Å². The quantitative estimate of drug-likeness (QED) is 0.0272. The molecule has 0 bridgehead atoms. The maximum atomic E-state index is 13.7. The summed E-state index contributed by atoms with van der Waals surface area (Å²) in [5.41, 5.74) is 6.85. The summed E-state index contributed by atoms with van der Waals surface area (Å²) >= 11 is 0. The van der Waals surface area contributed by atoms with E-state index in [4.69, 9.17) is 0 Å². The molecule has 0 unspecified atom stereocenters. The fraction of sp³-hybridized carbons (Fsp3) is 0.231. The van der Waals surface area contributed by atoms with Crippen LogP contribution in [0, 0.1) is 0 Å². The molecule has 0 atom stereocenters. The fourth-order valence-corrected chi connectivity index (χ4v) is 23.6. The molecule has 0 radical (unpaired) electrons. The van der Waals surface area contributed by atoms with E-state index in [-0.39, 0.29) is 52.4 Å². The van der Waals surface area contributed by atoms with E-state index in [0.29, 0.717) is 40.1 Å². The van der Waals surface area contributed by atoms with Gasteiger partial charge in [0.1, 0.15) is 0 Å². The number of benzene rings is 10. The molecule has 0 heterocycles. The summed E-state index contributed by atoms with van der Waals surface area (Å²) in [6.45, 7) is 0.656. The highest BCUT2D eigenvalue weighted by Crippen LogP contribution is 2.22. The number of rotatable bonds is 34. The molecule has 36 heteroatoms. The monoisotopic (exact) mass is 1730 g/mol. The Morgan fingerprint density at radius 2 is 0.395 bits per heavy atom. The van der Waals surface area contributed by atoms with Crippen LogP contribution < -0.4 is 18.9 Å². The first-order chi connectivity index (χ1) is 54.2. The minimum Gasteiger partial charge on any atom is -0.283 e. The molecule has 0 fully saturated rings.